The van der Waals surface area contributed by atoms with Crippen LogP contribution >= 0.6 is 11.8 Å². The molecule has 0 heterocycles. The van der Waals surface area contributed by atoms with Gasteiger partial charge in [-0.05, 0) is 0 Å². The number of ether oxygens (including phenoxy) is 1. The van der Waals surface area contributed by atoms with E-state index >= 15 is 0 Å². The van der Waals surface area contributed by atoms with E-state index in [1.165, 1.54) is 0 Å². The molecule has 0 aromatic rings. The first-order chi connectivity index (χ1) is 5.42. The Kier molecular flexibility index (Phi) is 5.07. The van der Waals surface area contributed by atoms with Crippen LogP contribution in [0.3, 0.4) is 0 Å². The molecule has 0 radical (unpaired) electrons. The zero-order valence-corrected chi connectivity index (χ0v) is 6.74. The second-order valence-corrected chi connectivity index (χ2v) is 2.85. The SMILES string of the molecule is O=C(O)CSCCOC(F)(F)F. The molecule has 1 N–H and O–H groups in total. The number of hydrogen-bond acceptors (Lipinski definition) is 3. The fourth-order valence-electron chi connectivity index (χ4n) is 0.376. The van der Waals surface area contributed by atoms with E-state index in [0.29, 0.717) is 0 Å². The van der Waals surface area contributed by atoms with Crippen LogP contribution in [-0.4, -0.2) is 35.6 Å². The summed E-state index contributed by atoms with van der Waals surface area (Å²) in [5, 5.41) is 8.09. The van der Waals surface area contributed by atoms with Crippen LogP contribution in [-0.2, 0) is 9.53 Å². The van der Waals surface area contributed by atoms with Crippen LogP contribution < -0.4 is 0 Å². The highest BCUT2D eigenvalue weighted by Gasteiger charge is 2.28. The average Bonchev–Trinajstić information content (AvgIpc) is 1.83. The first kappa shape index (κ1) is 11.6. The minimum absolute atomic E-state index is 0.0197. The largest absolute Gasteiger partial charge is 0.522 e. The lowest BCUT2D eigenvalue weighted by atomic mass is 10.8. The Morgan fingerprint density at radius 3 is 2.50 bits per heavy atom. The van der Waals surface area contributed by atoms with Gasteiger partial charge in [-0.15, -0.1) is 24.9 Å². The summed E-state index contributed by atoms with van der Waals surface area (Å²) < 4.78 is 37.3. The number of aliphatic carboxylic acids is 1. The predicted octanol–water partition coefficient (Wildman–Crippen LogP) is 1.34. The molecule has 0 spiro atoms. The molecule has 0 aromatic heterocycles. The molecule has 0 saturated carbocycles. The van der Waals surface area contributed by atoms with Gasteiger partial charge < -0.3 is 5.11 Å². The van der Waals surface area contributed by atoms with E-state index in [9.17, 15) is 18.0 Å². The summed E-state index contributed by atoms with van der Waals surface area (Å²) in [6.07, 6.45) is -4.62. The fraction of sp³-hybridized carbons (Fsp3) is 0.800. The third kappa shape index (κ3) is 9.57. The Hall–Kier alpha value is -0.430. The zero-order chi connectivity index (χ0) is 9.61. The van der Waals surface area contributed by atoms with Gasteiger partial charge in [-0.1, -0.05) is 0 Å². The van der Waals surface area contributed by atoms with Crippen molar-refractivity contribution >= 4 is 17.7 Å². The van der Waals surface area contributed by atoms with Crippen molar-refractivity contribution in [2.24, 2.45) is 0 Å². The number of hydrogen-bond donors (Lipinski definition) is 1. The lowest BCUT2D eigenvalue weighted by Crippen LogP contribution is -2.15. The molecule has 0 rings (SSSR count). The topological polar surface area (TPSA) is 46.5 Å². The molecule has 0 saturated heterocycles. The van der Waals surface area contributed by atoms with E-state index in [2.05, 4.69) is 4.74 Å². The lowest BCUT2D eigenvalue weighted by Gasteiger charge is -2.05. The molecule has 12 heavy (non-hydrogen) atoms. The van der Waals surface area contributed by atoms with Gasteiger partial charge in [-0.3, -0.25) is 9.53 Å². The molecule has 0 amide bonds. The molecule has 0 aromatic carbocycles. The molecule has 0 aliphatic carbocycles. The van der Waals surface area contributed by atoms with Crippen LogP contribution in [0.1, 0.15) is 0 Å². The Bertz CT molecular complexity index is 147. The zero-order valence-electron chi connectivity index (χ0n) is 5.93. The molecule has 0 aliphatic heterocycles. The fourth-order valence-corrected chi connectivity index (χ4v) is 0.896. The van der Waals surface area contributed by atoms with Crippen molar-refractivity contribution in [2.45, 2.75) is 6.36 Å². The molecule has 0 fully saturated rings. The smallest absolute Gasteiger partial charge is 0.481 e. The van der Waals surface area contributed by atoms with Crippen LogP contribution in [0.2, 0.25) is 0 Å². The molecule has 72 valence electrons. The lowest BCUT2D eigenvalue weighted by molar-refractivity contribution is -0.322. The summed E-state index contributed by atoms with van der Waals surface area (Å²) in [7, 11) is 0. The summed E-state index contributed by atoms with van der Waals surface area (Å²) in [5.74, 6) is -1.24. The first-order valence-corrected chi connectivity index (χ1v) is 4.07. The maximum atomic E-state index is 11.3. The van der Waals surface area contributed by atoms with Crippen molar-refractivity contribution in [3.05, 3.63) is 0 Å². The standard InChI is InChI=1S/C5H7F3O3S/c6-5(7,8)11-1-2-12-3-4(9)10/h1-3H2,(H,9,10). The van der Waals surface area contributed by atoms with E-state index in [0.717, 1.165) is 11.8 Å². The Morgan fingerprint density at radius 1 is 1.50 bits per heavy atom. The molecule has 0 unspecified atom stereocenters. The van der Waals surface area contributed by atoms with Gasteiger partial charge in [-0.2, -0.15) is 0 Å². The van der Waals surface area contributed by atoms with E-state index in [1.807, 2.05) is 0 Å². The summed E-state index contributed by atoms with van der Waals surface area (Å²) in [5.41, 5.74) is 0. The summed E-state index contributed by atoms with van der Waals surface area (Å²) in [6, 6.07) is 0. The number of carboxylic acid groups (broad SMARTS) is 1. The molecular formula is C5H7F3O3S. The van der Waals surface area contributed by atoms with E-state index < -0.39 is 18.9 Å². The maximum Gasteiger partial charge on any atom is 0.522 e. The molecule has 0 atom stereocenters. The summed E-state index contributed by atoms with van der Waals surface area (Å²) >= 11 is 0.877. The third-order valence-corrected chi connectivity index (χ3v) is 1.63. The van der Waals surface area contributed by atoms with Crippen molar-refractivity contribution in [3.8, 4) is 0 Å². The molecule has 0 aliphatic rings. The number of carbonyl (C=O) groups is 1. The van der Waals surface area contributed by atoms with Crippen molar-refractivity contribution < 1.29 is 27.8 Å². The third-order valence-electron chi connectivity index (χ3n) is 0.719. The maximum absolute atomic E-state index is 11.3. The van der Waals surface area contributed by atoms with Crippen LogP contribution in [0, 0.1) is 0 Å². The summed E-state index contributed by atoms with van der Waals surface area (Å²) in [4.78, 5) is 9.88. The van der Waals surface area contributed by atoms with Gasteiger partial charge in [-0.25, -0.2) is 0 Å². The van der Waals surface area contributed by atoms with Gasteiger partial charge in [0.15, 0.2) is 0 Å². The normalized spacial score (nSPS) is 11.6. The number of carboxylic acids is 1. The molecule has 3 nitrogen and oxygen atoms in total. The quantitative estimate of drug-likeness (QED) is 0.686. The minimum atomic E-state index is -4.62. The first-order valence-electron chi connectivity index (χ1n) is 2.92. The highest BCUT2D eigenvalue weighted by Crippen LogP contribution is 2.16. The molecular weight excluding hydrogens is 197 g/mol. The van der Waals surface area contributed by atoms with Crippen molar-refractivity contribution in [3.63, 3.8) is 0 Å². The number of thioether (sulfide) groups is 1. The second-order valence-electron chi connectivity index (χ2n) is 1.74. The van der Waals surface area contributed by atoms with Crippen LogP contribution in [0.15, 0.2) is 0 Å². The molecule has 0 bridgehead atoms. The van der Waals surface area contributed by atoms with Crippen LogP contribution in [0.5, 0.6) is 0 Å². The van der Waals surface area contributed by atoms with E-state index in [1.54, 1.807) is 0 Å². The summed E-state index contributed by atoms with van der Waals surface area (Å²) in [6.45, 7) is -0.512. The minimum Gasteiger partial charge on any atom is -0.481 e. The van der Waals surface area contributed by atoms with Crippen molar-refractivity contribution in [1.29, 1.82) is 0 Å². The van der Waals surface area contributed by atoms with Gasteiger partial charge in [0, 0.05) is 5.75 Å². The number of alkyl halides is 3. The van der Waals surface area contributed by atoms with Gasteiger partial charge in [0.05, 0.1) is 12.4 Å². The highest BCUT2D eigenvalue weighted by molar-refractivity contribution is 7.99. The van der Waals surface area contributed by atoms with Crippen molar-refractivity contribution in [2.75, 3.05) is 18.1 Å². The van der Waals surface area contributed by atoms with Gasteiger partial charge in [0.2, 0.25) is 0 Å². The van der Waals surface area contributed by atoms with Gasteiger partial charge >= 0.3 is 12.3 Å². The van der Waals surface area contributed by atoms with Crippen LogP contribution in [0.25, 0.3) is 0 Å². The molecule has 7 heteroatoms. The monoisotopic (exact) mass is 204 g/mol. The van der Waals surface area contributed by atoms with Crippen LogP contribution in [0.4, 0.5) is 13.2 Å². The Balaban J connectivity index is 3.17. The second kappa shape index (κ2) is 5.26. The van der Waals surface area contributed by atoms with Gasteiger partial charge in [0.1, 0.15) is 0 Å². The Labute approximate surface area is 70.9 Å². The van der Waals surface area contributed by atoms with Crippen molar-refractivity contribution in [1.82, 2.24) is 0 Å². The average molecular weight is 204 g/mol. The van der Waals surface area contributed by atoms with Gasteiger partial charge in [0.25, 0.3) is 0 Å². The predicted molar refractivity (Wildman–Crippen MR) is 37.0 cm³/mol. The Morgan fingerprint density at radius 2 is 2.08 bits per heavy atom. The highest BCUT2D eigenvalue weighted by atomic mass is 32.2. The van der Waals surface area contributed by atoms with E-state index in [4.69, 9.17) is 5.11 Å². The number of halogens is 3. The van der Waals surface area contributed by atoms with E-state index in [-0.39, 0.29) is 11.5 Å². The number of rotatable bonds is 5.